The SMILES string of the molecule is CC(=O)N[C@H](C)C(=O)N1CCN(S(=O)(=O)c2cc3c(cc2Cl)NC(=O)CO3)CC1. The summed E-state index contributed by atoms with van der Waals surface area (Å²) in [5.41, 5.74) is 0.313. The Hall–Kier alpha value is -2.37. The molecule has 1 saturated heterocycles. The molecule has 1 aromatic carbocycles. The van der Waals surface area contributed by atoms with E-state index in [1.165, 1.54) is 28.3 Å². The first-order valence-corrected chi connectivity index (χ1v) is 10.7. The second-order valence-electron chi connectivity index (χ2n) is 6.77. The largest absolute Gasteiger partial charge is 0.482 e. The van der Waals surface area contributed by atoms with Crippen LogP contribution >= 0.6 is 11.6 Å². The van der Waals surface area contributed by atoms with Crippen molar-refractivity contribution in [3.05, 3.63) is 17.2 Å². The van der Waals surface area contributed by atoms with Crippen molar-refractivity contribution in [1.29, 1.82) is 0 Å². The number of halogens is 1. The summed E-state index contributed by atoms with van der Waals surface area (Å²) in [7, 11) is -3.93. The lowest BCUT2D eigenvalue weighted by Gasteiger charge is -2.35. The number of sulfonamides is 1. The van der Waals surface area contributed by atoms with Crippen LogP contribution in [0.2, 0.25) is 5.02 Å². The molecular weight excluding hydrogens is 424 g/mol. The Bertz CT molecular complexity index is 959. The lowest BCUT2D eigenvalue weighted by atomic mass is 10.2. The Morgan fingerprint density at radius 1 is 1.24 bits per heavy atom. The zero-order valence-electron chi connectivity index (χ0n) is 15.9. The summed E-state index contributed by atoms with van der Waals surface area (Å²) in [5, 5.41) is 5.06. The van der Waals surface area contributed by atoms with E-state index >= 15 is 0 Å². The molecule has 1 aromatic rings. The molecule has 10 nitrogen and oxygen atoms in total. The minimum absolute atomic E-state index is 0.0349. The molecule has 0 spiro atoms. The van der Waals surface area contributed by atoms with Crippen molar-refractivity contribution in [2.24, 2.45) is 0 Å². The van der Waals surface area contributed by atoms with Crippen LogP contribution in [0.5, 0.6) is 5.75 Å². The van der Waals surface area contributed by atoms with Crippen molar-refractivity contribution in [3.8, 4) is 5.75 Å². The molecule has 2 heterocycles. The molecule has 0 aliphatic carbocycles. The van der Waals surface area contributed by atoms with Crippen molar-refractivity contribution in [2.75, 3.05) is 38.1 Å². The first-order chi connectivity index (χ1) is 13.6. The normalized spacial score (nSPS) is 18.3. The molecule has 2 N–H and O–H groups in total. The summed E-state index contributed by atoms with van der Waals surface area (Å²) in [6, 6.07) is 1.96. The van der Waals surface area contributed by atoms with E-state index in [2.05, 4.69) is 10.6 Å². The van der Waals surface area contributed by atoms with Gasteiger partial charge in [-0.2, -0.15) is 4.31 Å². The number of rotatable bonds is 4. The van der Waals surface area contributed by atoms with Crippen LogP contribution in [0.15, 0.2) is 17.0 Å². The molecule has 3 rings (SSSR count). The molecule has 0 radical (unpaired) electrons. The highest BCUT2D eigenvalue weighted by Crippen LogP contribution is 2.36. The molecule has 2 aliphatic heterocycles. The van der Waals surface area contributed by atoms with Crippen molar-refractivity contribution in [2.45, 2.75) is 24.8 Å². The van der Waals surface area contributed by atoms with Gasteiger partial charge in [-0.25, -0.2) is 8.42 Å². The van der Waals surface area contributed by atoms with Crippen LogP contribution in [0.4, 0.5) is 5.69 Å². The number of fused-ring (bicyclic) bond motifs is 1. The summed E-state index contributed by atoms with van der Waals surface area (Å²) >= 11 is 6.16. The molecule has 0 unspecified atom stereocenters. The summed E-state index contributed by atoms with van der Waals surface area (Å²) in [4.78, 5) is 36.3. The second-order valence-corrected chi connectivity index (χ2v) is 9.08. The Morgan fingerprint density at radius 3 is 2.52 bits per heavy atom. The van der Waals surface area contributed by atoms with Gasteiger partial charge in [-0.1, -0.05) is 11.6 Å². The van der Waals surface area contributed by atoms with Crippen LogP contribution in [0.1, 0.15) is 13.8 Å². The number of anilines is 1. The maximum absolute atomic E-state index is 13.1. The molecule has 12 heteroatoms. The summed E-state index contributed by atoms with van der Waals surface area (Å²) in [6.45, 7) is 3.26. The summed E-state index contributed by atoms with van der Waals surface area (Å²) in [5.74, 6) is -0.704. The molecule has 1 atom stereocenters. The molecule has 0 saturated carbocycles. The van der Waals surface area contributed by atoms with E-state index in [-0.39, 0.29) is 66.2 Å². The van der Waals surface area contributed by atoms with E-state index in [0.29, 0.717) is 5.69 Å². The number of hydrogen-bond donors (Lipinski definition) is 2. The molecular formula is C17H21ClN4O6S. The topological polar surface area (TPSA) is 125 Å². The molecule has 0 aromatic heterocycles. The predicted octanol–water partition coefficient (Wildman–Crippen LogP) is 0.0284. The number of nitrogens with one attached hydrogen (secondary N) is 2. The van der Waals surface area contributed by atoms with Crippen LogP contribution < -0.4 is 15.4 Å². The third-order valence-corrected chi connectivity index (χ3v) is 6.99. The number of ether oxygens (including phenoxy) is 1. The van der Waals surface area contributed by atoms with E-state index in [9.17, 15) is 22.8 Å². The zero-order valence-corrected chi connectivity index (χ0v) is 17.5. The molecule has 3 amide bonds. The molecule has 158 valence electrons. The fourth-order valence-corrected chi connectivity index (χ4v) is 5.15. The van der Waals surface area contributed by atoms with Crippen LogP contribution in [0.3, 0.4) is 0 Å². The van der Waals surface area contributed by atoms with Crippen molar-refractivity contribution in [1.82, 2.24) is 14.5 Å². The first kappa shape index (κ1) is 21.3. The first-order valence-electron chi connectivity index (χ1n) is 8.92. The fourth-order valence-electron chi connectivity index (χ4n) is 3.21. The number of piperazine rings is 1. The monoisotopic (exact) mass is 444 g/mol. The third kappa shape index (κ3) is 4.46. The van der Waals surface area contributed by atoms with Gasteiger partial charge in [0.05, 0.1) is 10.7 Å². The van der Waals surface area contributed by atoms with Gasteiger partial charge in [0.2, 0.25) is 21.8 Å². The number of nitrogens with zero attached hydrogens (tertiary/aromatic N) is 2. The van der Waals surface area contributed by atoms with Gasteiger partial charge in [0.1, 0.15) is 16.7 Å². The fraction of sp³-hybridized carbons (Fsp3) is 0.471. The lowest BCUT2D eigenvalue weighted by Crippen LogP contribution is -2.54. The van der Waals surface area contributed by atoms with Gasteiger partial charge in [0, 0.05) is 39.2 Å². The average Bonchev–Trinajstić information content (AvgIpc) is 2.66. The van der Waals surface area contributed by atoms with Gasteiger partial charge in [-0.05, 0) is 13.0 Å². The highest BCUT2D eigenvalue weighted by atomic mass is 35.5. The van der Waals surface area contributed by atoms with E-state index < -0.39 is 16.1 Å². The summed E-state index contributed by atoms with van der Waals surface area (Å²) in [6.07, 6.45) is 0. The second kappa shape index (κ2) is 8.17. The summed E-state index contributed by atoms with van der Waals surface area (Å²) < 4.78 is 32.6. The van der Waals surface area contributed by atoms with E-state index in [1.807, 2.05) is 0 Å². The third-order valence-electron chi connectivity index (χ3n) is 4.63. The minimum atomic E-state index is -3.93. The number of carbonyl (C=O) groups excluding carboxylic acids is 3. The van der Waals surface area contributed by atoms with Crippen LogP contribution in [0.25, 0.3) is 0 Å². The Morgan fingerprint density at radius 2 is 1.90 bits per heavy atom. The number of amides is 3. The van der Waals surface area contributed by atoms with Gasteiger partial charge >= 0.3 is 0 Å². The Balaban J connectivity index is 1.73. The van der Waals surface area contributed by atoms with Gasteiger partial charge in [0.15, 0.2) is 6.61 Å². The van der Waals surface area contributed by atoms with Gasteiger partial charge in [-0.15, -0.1) is 0 Å². The van der Waals surface area contributed by atoms with Crippen LogP contribution in [-0.4, -0.2) is 74.2 Å². The lowest BCUT2D eigenvalue weighted by molar-refractivity contribution is -0.136. The minimum Gasteiger partial charge on any atom is -0.482 e. The molecule has 2 aliphatic rings. The maximum atomic E-state index is 13.1. The number of benzene rings is 1. The Labute approximate surface area is 173 Å². The van der Waals surface area contributed by atoms with E-state index in [0.717, 1.165) is 0 Å². The molecule has 29 heavy (non-hydrogen) atoms. The van der Waals surface area contributed by atoms with Gasteiger partial charge in [-0.3, -0.25) is 14.4 Å². The van der Waals surface area contributed by atoms with Crippen molar-refractivity contribution in [3.63, 3.8) is 0 Å². The van der Waals surface area contributed by atoms with Gasteiger partial charge in [0.25, 0.3) is 5.91 Å². The quantitative estimate of drug-likeness (QED) is 0.674. The number of carbonyl (C=O) groups is 3. The van der Waals surface area contributed by atoms with E-state index in [4.69, 9.17) is 16.3 Å². The zero-order chi connectivity index (χ0) is 21.3. The number of hydrogen-bond acceptors (Lipinski definition) is 6. The van der Waals surface area contributed by atoms with Crippen molar-refractivity contribution < 1.29 is 27.5 Å². The van der Waals surface area contributed by atoms with Crippen LogP contribution in [-0.2, 0) is 24.4 Å². The Kier molecular flexibility index (Phi) is 6.01. The maximum Gasteiger partial charge on any atom is 0.262 e. The highest BCUT2D eigenvalue weighted by molar-refractivity contribution is 7.89. The predicted molar refractivity (Wildman–Crippen MR) is 104 cm³/mol. The van der Waals surface area contributed by atoms with Gasteiger partial charge < -0.3 is 20.3 Å². The average molecular weight is 445 g/mol. The van der Waals surface area contributed by atoms with E-state index in [1.54, 1.807) is 6.92 Å². The van der Waals surface area contributed by atoms with Crippen molar-refractivity contribution >= 4 is 45.0 Å². The molecule has 1 fully saturated rings. The smallest absolute Gasteiger partial charge is 0.262 e. The highest BCUT2D eigenvalue weighted by Gasteiger charge is 2.34. The molecule has 0 bridgehead atoms. The standard InChI is InChI=1S/C17H21ClN4O6S/c1-10(19-11(2)23)17(25)21-3-5-22(6-4-21)29(26,27)15-8-14-13(7-12(15)18)20-16(24)9-28-14/h7-8,10H,3-6,9H2,1-2H3,(H,19,23)(H,20,24)/t10-/m1/s1. The van der Waals surface area contributed by atoms with Crippen LogP contribution in [0, 0.1) is 0 Å².